The van der Waals surface area contributed by atoms with Crippen molar-refractivity contribution in [1.82, 2.24) is 15.6 Å². The molecule has 0 aliphatic rings. The molecule has 0 bridgehead atoms. The van der Waals surface area contributed by atoms with Crippen molar-refractivity contribution in [2.75, 3.05) is 25.1 Å². The quantitative estimate of drug-likeness (QED) is 0.253. The summed E-state index contributed by atoms with van der Waals surface area (Å²) in [6.07, 6.45) is 5.24. The van der Waals surface area contributed by atoms with Gasteiger partial charge in [-0.25, -0.2) is 9.38 Å². The Morgan fingerprint density at radius 3 is 2.81 bits per heavy atom. The van der Waals surface area contributed by atoms with E-state index in [1.165, 1.54) is 6.07 Å². The van der Waals surface area contributed by atoms with E-state index in [1.54, 1.807) is 42.4 Å². The standard InChI is InChI=1S/C18H23FN4OS.HI/c1-3-21-18(22-9-10-25-2)23-12-14-6-7-17(16(19)11-14)24-15-5-4-8-20-13-15;/h4-8,11,13H,3,9-10,12H2,1-2H3,(H2,21,22,23);1H. The number of halogens is 2. The molecule has 0 aliphatic heterocycles. The molecule has 1 heterocycles. The zero-order chi connectivity index (χ0) is 17.9. The fourth-order valence-electron chi connectivity index (χ4n) is 2.04. The summed E-state index contributed by atoms with van der Waals surface area (Å²) < 4.78 is 19.7. The van der Waals surface area contributed by atoms with Crippen LogP contribution in [0.4, 0.5) is 4.39 Å². The van der Waals surface area contributed by atoms with Gasteiger partial charge in [0.25, 0.3) is 0 Å². The van der Waals surface area contributed by atoms with E-state index in [2.05, 4.69) is 26.9 Å². The van der Waals surface area contributed by atoms with E-state index in [-0.39, 0.29) is 29.7 Å². The number of aromatic nitrogens is 1. The third-order valence-electron chi connectivity index (χ3n) is 3.22. The molecule has 2 N–H and O–H groups in total. The van der Waals surface area contributed by atoms with Crippen molar-refractivity contribution < 1.29 is 9.13 Å². The minimum Gasteiger partial charge on any atom is -0.453 e. The molecule has 26 heavy (non-hydrogen) atoms. The Hall–Kier alpha value is -1.55. The fourth-order valence-corrected chi connectivity index (χ4v) is 2.35. The van der Waals surface area contributed by atoms with Gasteiger partial charge in [0, 0.05) is 25.0 Å². The van der Waals surface area contributed by atoms with Crippen LogP contribution in [0, 0.1) is 5.82 Å². The molecule has 8 heteroatoms. The number of aliphatic imine (C=N–C) groups is 1. The van der Waals surface area contributed by atoms with Crippen molar-refractivity contribution in [3.05, 3.63) is 54.1 Å². The van der Waals surface area contributed by atoms with Crippen molar-refractivity contribution in [2.45, 2.75) is 13.5 Å². The number of ether oxygens (including phenoxy) is 1. The van der Waals surface area contributed by atoms with Crippen molar-refractivity contribution in [3.63, 3.8) is 0 Å². The second-order valence-corrected chi connectivity index (χ2v) is 6.16. The minimum absolute atomic E-state index is 0. The Labute approximate surface area is 175 Å². The number of hydrogen-bond acceptors (Lipinski definition) is 4. The molecule has 0 fully saturated rings. The maximum Gasteiger partial charge on any atom is 0.191 e. The maximum absolute atomic E-state index is 14.2. The summed E-state index contributed by atoms with van der Waals surface area (Å²) in [5.41, 5.74) is 0.776. The lowest BCUT2D eigenvalue weighted by Gasteiger charge is -2.11. The Morgan fingerprint density at radius 1 is 1.31 bits per heavy atom. The van der Waals surface area contributed by atoms with Crippen LogP contribution in [0.5, 0.6) is 11.5 Å². The molecule has 1 aromatic carbocycles. The number of thioether (sulfide) groups is 1. The monoisotopic (exact) mass is 490 g/mol. The van der Waals surface area contributed by atoms with Gasteiger partial charge in [0.1, 0.15) is 5.75 Å². The second-order valence-electron chi connectivity index (χ2n) is 5.17. The van der Waals surface area contributed by atoms with Crippen LogP contribution in [0.25, 0.3) is 0 Å². The van der Waals surface area contributed by atoms with Gasteiger partial charge in [0.15, 0.2) is 17.5 Å². The molecule has 0 saturated carbocycles. The summed E-state index contributed by atoms with van der Waals surface area (Å²) in [5, 5.41) is 6.42. The first kappa shape index (κ1) is 22.5. The molecule has 5 nitrogen and oxygen atoms in total. The van der Waals surface area contributed by atoms with Crippen molar-refractivity contribution in [2.24, 2.45) is 4.99 Å². The SMILES string of the molecule is CCNC(=NCc1ccc(Oc2cccnc2)c(F)c1)NCCSC.I. The molecule has 0 saturated heterocycles. The maximum atomic E-state index is 14.2. The topological polar surface area (TPSA) is 58.5 Å². The highest BCUT2D eigenvalue weighted by Gasteiger charge is 2.06. The number of guanidine groups is 1. The highest BCUT2D eigenvalue weighted by molar-refractivity contribution is 14.0. The van der Waals surface area contributed by atoms with Crippen LogP contribution in [0.1, 0.15) is 12.5 Å². The van der Waals surface area contributed by atoms with Gasteiger partial charge in [0.2, 0.25) is 0 Å². The number of rotatable bonds is 8. The summed E-state index contributed by atoms with van der Waals surface area (Å²) in [6.45, 7) is 4.01. The van der Waals surface area contributed by atoms with Crippen LogP contribution >= 0.6 is 35.7 Å². The molecule has 142 valence electrons. The van der Waals surface area contributed by atoms with Crippen LogP contribution in [0.3, 0.4) is 0 Å². The molecule has 0 unspecified atom stereocenters. The normalized spacial score (nSPS) is 10.8. The Balaban J connectivity index is 0.00000338. The lowest BCUT2D eigenvalue weighted by atomic mass is 10.2. The summed E-state index contributed by atoms with van der Waals surface area (Å²) in [6, 6.07) is 8.34. The molecule has 2 rings (SSSR count). The summed E-state index contributed by atoms with van der Waals surface area (Å²) in [5.74, 6) is 1.98. The van der Waals surface area contributed by atoms with E-state index < -0.39 is 5.82 Å². The largest absolute Gasteiger partial charge is 0.453 e. The lowest BCUT2D eigenvalue weighted by Crippen LogP contribution is -2.38. The zero-order valence-corrected chi connectivity index (χ0v) is 18.0. The number of hydrogen-bond donors (Lipinski definition) is 2. The molecule has 2 aromatic rings. The van der Waals surface area contributed by atoms with Gasteiger partial charge in [-0.1, -0.05) is 6.07 Å². The molecular weight excluding hydrogens is 466 g/mol. The predicted molar refractivity (Wildman–Crippen MR) is 117 cm³/mol. The second kappa shape index (κ2) is 12.7. The number of pyridine rings is 1. The van der Waals surface area contributed by atoms with Gasteiger partial charge in [-0.15, -0.1) is 24.0 Å². The van der Waals surface area contributed by atoms with Crippen molar-refractivity contribution in [3.8, 4) is 11.5 Å². The summed E-state index contributed by atoms with van der Waals surface area (Å²) in [7, 11) is 0. The summed E-state index contributed by atoms with van der Waals surface area (Å²) in [4.78, 5) is 8.42. The molecule has 0 amide bonds. The van der Waals surface area contributed by atoms with Crippen LogP contribution in [0.15, 0.2) is 47.7 Å². The van der Waals surface area contributed by atoms with Crippen LogP contribution in [-0.2, 0) is 6.54 Å². The van der Waals surface area contributed by atoms with E-state index in [9.17, 15) is 4.39 Å². The Morgan fingerprint density at radius 2 is 2.15 bits per heavy atom. The van der Waals surface area contributed by atoms with E-state index >= 15 is 0 Å². The smallest absolute Gasteiger partial charge is 0.191 e. The number of nitrogens with zero attached hydrogens (tertiary/aromatic N) is 2. The first-order valence-corrected chi connectivity index (χ1v) is 9.49. The van der Waals surface area contributed by atoms with Crippen molar-refractivity contribution in [1.29, 1.82) is 0 Å². The highest BCUT2D eigenvalue weighted by Crippen LogP contribution is 2.24. The number of benzene rings is 1. The predicted octanol–water partition coefficient (Wildman–Crippen LogP) is 4.05. The average Bonchev–Trinajstić information content (AvgIpc) is 2.63. The van der Waals surface area contributed by atoms with E-state index in [0.717, 1.165) is 30.4 Å². The fraction of sp³-hybridized carbons (Fsp3) is 0.333. The van der Waals surface area contributed by atoms with E-state index in [4.69, 9.17) is 4.74 Å². The van der Waals surface area contributed by atoms with Gasteiger partial charge in [-0.3, -0.25) is 4.98 Å². The van der Waals surface area contributed by atoms with E-state index in [0.29, 0.717) is 12.3 Å². The Kier molecular flexibility index (Phi) is 11.0. The van der Waals surface area contributed by atoms with Gasteiger partial charge >= 0.3 is 0 Å². The van der Waals surface area contributed by atoms with Gasteiger partial charge in [-0.05, 0) is 43.0 Å². The third-order valence-corrected chi connectivity index (χ3v) is 3.83. The zero-order valence-electron chi connectivity index (χ0n) is 14.9. The van der Waals surface area contributed by atoms with Gasteiger partial charge in [-0.2, -0.15) is 11.8 Å². The Bertz CT molecular complexity index is 688. The average molecular weight is 490 g/mol. The van der Waals surface area contributed by atoms with Crippen LogP contribution < -0.4 is 15.4 Å². The molecule has 0 radical (unpaired) electrons. The molecular formula is C18H24FIN4OS. The third kappa shape index (κ3) is 7.77. The van der Waals surface area contributed by atoms with E-state index in [1.807, 2.05) is 13.0 Å². The molecule has 0 aliphatic carbocycles. The van der Waals surface area contributed by atoms with Gasteiger partial charge in [0.05, 0.1) is 12.7 Å². The molecule has 1 aromatic heterocycles. The minimum atomic E-state index is -0.420. The molecule has 0 atom stereocenters. The lowest BCUT2D eigenvalue weighted by molar-refractivity contribution is 0.440. The number of nitrogens with one attached hydrogen (secondary N) is 2. The van der Waals surface area contributed by atoms with Gasteiger partial charge < -0.3 is 15.4 Å². The van der Waals surface area contributed by atoms with Crippen LogP contribution in [-0.4, -0.2) is 36.0 Å². The van der Waals surface area contributed by atoms with Crippen molar-refractivity contribution >= 4 is 41.7 Å². The highest BCUT2D eigenvalue weighted by atomic mass is 127. The van der Waals surface area contributed by atoms with Crippen LogP contribution in [0.2, 0.25) is 0 Å². The first-order chi connectivity index (χ1) is 12.2. The summed E-state index contributed by atoms with van der Waals surface area (Å²) >= 11 is 1.77. The molecule has 0 spiro atoms. The first-order valence-electron chi connectivity index (χ1n) is 8.10.